The van der Waals surface area contributed by atoms with E-state index >= 15 is 0 Å². The molecule has 2 aromatic carbocycles. The number of likely N-dealkylation sites (tertiary alicyclic amines) is 2. The number of fused-ring (bicyclic) bond motifs is 1. The number of esters is 1. The molecule has 4 aromatic rings. The molecule has 3 saturated heterocycles. The highest BCUT2D eigenvalue weighted by atomic mass is 16.6. The normalized spacial score (nSPS) is 21.9. The second-order valence-corrected chi connectivity index (χ2v) is 15.8. The third-order valence-corrected chi connectivity index (χ3v) is 11.4. The van der Waals surface area contributed by atoms with Crippen LogP contribution in [0.2, 0.25) is 0 Å². The summed E-state index contributed by atoms with van der Waals surface area (Å²) >= 11 is 0. The number of imidazole rings is 2. The largest absolute Gasteiger partial charge is 0.457 e. The van der Waals surface area contributed by atoms with E-state index in [2.05, 4.69) is 32.1 Å². The van der Waals surface area contributed by atoms with E-state index in [1.54, 1.807) is 11.1 Å². The predicted molar refractivity (Wildman–Crippen MR) is 205 cm³/mol. The smallest absolute Gasteiger partial charge is 0.407 e. The number of carbonyl (C=O) groups excluding carboxylic acids is 4. The van der Waals surface area contributed by atoms with E-state index in [1.807, 2.05) is 82.0 Å². The van der Waals surface area contributed by atoms with Crippen molar-refractivity contribution in [2.24, 2.45) is 17.8 Å². The highest BCUT2D eigenvalue weighted by Gasteiger charge is 2.53. The summed E-state index contributed by atoms with van der Waals surface area (Å²) in [6.07, 6.45) is 4.26. The number of alkyl carbamates (subject to hydrolysis) is 1. The summed E-state index contributed by atoms with van der Waals surface area (Å²) in [5.41, 5.74) is 4.37. The standard InChI is InChI=1S/C42H49N7O6/c1-24(2)26(5)39(51)49-23-42(18-17-35(50)55-42)21-34(49)38-44-30-16-13-28(20-31(30)45-38)10-9-27-11-14-29(15-12-27)32-22-43-37(46-32)33-8-7-19-48(33)40(52)36(25(3)4)47-41(53)54-6/h11-16,20,22,24-26,33-34,36H,7-8,17-19,21,23H2,1-6H3,(H,43,46)(H,44,45)(H,47,53)/t26-,33-,34-,36-,42-/m0/s1. The molecule has 3 N–H and O–H groups in total. The summed E-state index contributed by atoms with van der Waals surface area (Å²) in [5.74, 6) is 7.50. The number of carbonyl (C=O) groups is 4. The average molecular weight is 748 g/mol. The summed E-state index contributed by atoms with van der Waals surface area (Å²) in [4.78, 5) is 71.3. The van der Waals surface area contributed by atoms with Gasteiger partial charge in [0.1, 0.15) is 23.3 Å². The lowest BCUT2D eigenvalue weighted by atomic mass is 9.96. The minimum absolute atomic E-state index is 0.0457. The van der Waals surface area contributed by atoms with Crippen molar-refractivity contribution < 1.29 is 28.7 Å². The van der Waals surface area contributed by atoms with Crippen LogP contribution in [0.25, 0.3) is 22.3 Å². The molecule has 0 aliphatic carbocycles. The van der Waals surface area contributed by atoms with Crippen LogP contribution in [0.5, 0.6) is 0 Å². The molecule has 13 nitrogen and oxygen atoms in total. The first-order valence-corrected chi connectivity index (χ1v) is 19.2. The molecule has 13 heteroatoms. The molecule has 2 aromatic heterocycles. The number of methoxy groups -OCH3 is 1. The number of H-pyrrole nitrogens is 2. The van der Waals surface area contributed by atoms with Crippen molar-refractivity contribution in [3.8, 4) is 23.1 Å². The first-order chi connectivity index (χ1) is 26.3. The van der Waals surface area contributed by atoms with Gasteiger partial charge in [0.2, 0.25) is 11.8 Å². The van der Waals surface area contributed by atoms with Crippen LogP contribution in [0, 0.1) is 29.6 Å². The zero-order chi connectivity index (χ0) is 39.0. The highest BCUT2D eigenvalue weighted by molar-refractivity contribution is 5.86. The number of amides is 3. The maximum Gasteiger partial charge on any atom is 0.407 e. The Morgan fingerprint density at radius 1 is 0.945 bits per heavy atom. The van der Waals surface area contributed by atoms with Crippen LogP contribution in [0.3, 0.4) is 0 Å². The molecule has 3 aliphatic rings. The molecule has 288 valence electrons. The molecular weight excluding hydrogens is 699 g/mol. The lowest BCUT2D eigenvalue weighted by Gasteiger charge is -2.30. The second kappa shape index (κ2) is 15.2. The predicted octanol–water partition coefficient (Wildman–Crippen LogP) is 6.04. The third-order valence-electron chi connectivity index (χ3n) is 11.4. The molecule has 0 unspecified atom stereocenters. The minimum atomic E-state index is -0.693. The Morgan fingerprint density at radius 3 is 2.38 bits per heavy atom. The van der Waals surface area contributed by atoms with Crippen molar-refractivity contribution >= 4 is 34.9 Å². The fourth-order valence-corrected chi connectivity index (χ4v) is 7.89. The summed E-state index contributed by atoms with van der Waals surface area (Å²) < 4.78 is 10.6. The fraction of sp³-hybridized carbons (Fsp3) is 0.476. The van der Waals surface area contributed by atoms with Crippen LogP contribution in [-0.4, -0.2) is 85.5 Å². The van der Waals surface area contributed by atoms with Gasteiger partial charge in [0, 0.05) is 36.4 Å². The maximum absolute atomic E-state index is 13.6. The molecule has 5 heterocycles. The van der Waals surface area contributed by atoms with Crippen LogP contribution >= 0.6 is 0 Å². The van der Waals surface area contributed by atoms with Crippen molar-refractivity contribution in [2.45, 2.75) is 90.4 Å². The highest BCUT2D eigenvalue weighted by Crippen LogP contribution is 2.46. The number of aromatic nitrogens is 4. The van der Waals surface area contributed by atoms with E-state index in [9.17, 15) is 19.2 Å². The summed E-state index contributed by atoms with van der Waals surface area (Å²) in [7, 11) is 1.29. The average Bonchev–Trinajstić information content (AvgIpc) is 4.02. The van der Waals surface area contributed by atoms with Gasteiger partial charge in [-0.2, -0.15) is 0 Å². The molecule has 7 rings (SSSR count). The van der Waals surface area contributed by atoms with Crippen LogP contribution in [0.1, 0.15) is 102 Å². The molecule has 0 bridgehead atoms. The fourth-order valence-electron chi connectivity index (χ4n) is 7.89. The molecule has 3 fully saturated rings. The first kappa shape index (κ1) is 37.7. The van der Waals surface area contributed by atoms with Gasteiger partial charge in [-0.1, -0.05) is 58.6 Å². The van der Waals surface area contributed by atoms with Crippen LogP contribution in [-0.2, 0) is 23.9 Å². The molecule has 55 heavy (non-hydrogen) atoms. The molecule has 5 atom stereocenters. The van der Waals surface area contributed by atoms with Crippen LogP contribution in [0.15, 0.2) is 48.7 Å². The quantitative estimate of drug-likeness (QED) is 0.145. The topological polar surface area (TPSA) is 163 Å². The Morgan fingerprint density at radius 2 is 1.69 bits per heavy atom. The molecule has 0 radical (unpaired) electrons. The number of hydrogen-bond acceptors (Lipinski definition) is 8. The van der Waals surface area contributed by atoms with Gasteiger partial charge in [-0.05, 0) is 67.0 Å². The van der Waals surface area contributed by atoms with Crippen LogP contribution in [0.4, 0.5) is 4.79 Å². The first-order valence-electron chi connectivity index (χ1n) is 19.2. The Bertz CT molecular complexity index is 2160. The number of nitrogens with one attached hydrogen (secondary N) is 3. The number of nitrogens with zero attached hydrogens (tertiary/aromatic N) is 4. The van der Waals surface area contributed by atoms with Gasteiger partial charge < -0.3 is 34.6 Å². The van der Waals surface area contributed by atoms with E-state index < -0.39 is 17.7 Å². The van der Waals surface area contributed by atoms with E-state index in [0.717, 1.165) is 46.3 Å². The van der Waals surface area contributed by atoms with Gasteiger partial charge in [-0.15, -0.1) is 0 Å². The maximum atomic E-state index is 13.6. The minimum Gasteiger partial charge on any atom is -0.457 e. The van der Waals surface area contributed by atoms with Crippen LogP contribution < -0.4 is 5.32 Å². The van der Waals surface area contributed by atoms with Crippen molar-refractivity contribution in [3.05, 3.63) is 71.4 Å². The summed E-state index contributed by atoms with van der Waals surface area (Å²) in [5, 5.41) is 2.69. The van der Waals surface area contributed by atoms with E-state index in [-0.39, 0.29) is 47.6 Å². The number of ether oxygens (including phenoxy) is 2. The van der Waals surface area contributed by atoms with Crippen molar-refractivity contribution in [1.29, 1.82) is 0 Å². The lowest BCUT2D eigenvalue weighted by molar-refractivity contribution is -0.149. The summed E-state index contributed by atoms with van der Waals surface area (Å²) in [6, 6.07) is 12.5. The SMILES string of the molecule is COC(=O)N[C@H](C(=O)N1CCC[C@H]1c1ncc(-c2ccc(C#Cc3ccc4nc([C@@H]5C[C@@]6(CCC(=O)O6)CN5C(=O)[C@@H](C)C(C)C)[nH]c4c3)cc2)[nH]1)C(C)C. The molecule has 1 spiro atoms. The molecule has 0 saturated carbocycles. The van der Waals surface area contributed by atoms with Gasteiger partial charge in [0.15, 0.2) is 0 Å². The van der Waals surface area contributed by atoms with Gasteiger partial charge in [0.25, 0.3) is 0 Å². The lowest BCUT2D eigenvalue weighted by Crippen LogP contribution is -2.51. The number of rotatable bonds is 8. The van der Waals surface area contributed by atoms with Crippen molar-refractivity contribution in [1.82, 2.24) is 35.1 Å². The van der Waals surface area contributed by atoms with Crippen molar-refractivity contribution in [2.75, 3.05) is 20.2 Å². The molecule has 3 aliphatic heterocycles. The Labute approximate surface area is 320 Å². The van der Waals surface area contributed by atoms with Gasteiger partial charge in [0.05, 0.1) is 48.7 Å². The van der Waals surface area contributed by atoms with E-state index in [1.165, 1.54) is 7.11 Å². The van der Waals surface area contributed by atoms with E-state index in [0.29, 0.717) is 44.0 Å². The summed E-state index contributed by atoms with van der Waals surface area (Å²) in [6.45, 7) is 10.8. The Kier molecular flexibility index (Phi) is 10.4. The number of benzene rings is 2. The van der Waals surface area contributed by atoms with Gasteiger partial charge in [-0.25, -0.2) is 14.8 Å². The zero-order valence-corrected chi connectivity index (χ0v) is 32.3. The number of hydrogen-bond donors (Lipinski definition) is 3. The Hall–Kier alpha value is -5.64. The van der Waals surface area contributed by atoms with Crippen molar-refractivity contribution in [3.63, 3.8) is 0 Å². The molecular formula is C42H49N7O6. The Balaban J connectivity index is 1.04. The van der Waals surface area contributed by atoms with Gasteiger partial charge in [-0.3, -0.25) is 14.4 Å². The second-order valence-electron chi connectivity index (χ2n) is 15.8. The van der Waals surface area contributed by atoms with Gasteiger partial charge >= 0.3 is 12.1 Å². The monoisotopic (exact) mass is 747 g/mol. The number of aromatic amines is 2. The zero-order valence-electron chi connectivity index (χ0n) is 32.3. The third kappa shape index (κ3) is 7.68. The molecule has 3 amide bonds. The van der Waals surface area contributed by atoms with E-state index in [4.69, 9.17) is 14.5 Å².